The highest BCUT2D eigenvalue weighted by atomic mass is 15.2. The van der Waals surface area contributed by atoms with Crippen molar-refractivity contribution in [2.75, 3.05) is 9.80 Å². The summed E-state index contributed by atoms with van der Waals surface area (Å²) in [5.41, 5.74) is 17.2. The lowest BCUT2D eigenvalue weighted by atomic mass is 9.91. The molecule has 1 aliphatic heterocycles. The first-order chi connectivity index (χ1) is 30.7. The molecule has 0 radical (unpaired) electrons. The molecule has 2 heteroatoms. The molecule has 0 N–H and O–H groups in total. The van der Waals surface area contributed by atoms with Crippen LogP contribution in [0.4, 0.5) is 28.4 Å². The number of nitrogens with zero attached hydrogens (tertiary/aromatic N) is 2. The van der Waals surface area contributed by atoms with E-state index >= 15 is 0 Å². The SMILES string of the molecule is C1=CC2c3ccccc3N(c3cccc(N(c4ccc(-c5ccc6c(ccc7ccccc76)c5)cc4)c4cccc(-c5cc6c7c(cccc7c5)-c5ccccc5-6)c4)c3)C2C=C1. The molecule has 0 amide bonds. The van der Waals surface area contributed by atoms with E-state index in [9.17, 15) is 0 Å². The number of para-hydroxylation sites is 1. The number of allylic oxidation sites excluding steroid dienone is 2. The summed E-state index contributed by atoms with van der Waals surface area (Å²) >= 11 is 0. The lowest BCUT2D eigenvalue weighted by molar-refractivity contribution is 0.745. The Morgan fingerprint density at radius 3 is 1.95 bits per heavy atom. The molecule has 3 aliphatic rings. The zero-order valence-electron chi connectivity index (χ0n) is 34.0. The molecule has 2 unspecified atom stereocenters. The third kappa shape index (κ3) is 5.43. The van der Waals surface area contributed by atoms with E-state index in [1.165, 1.54) is 93.8 Å². The number of rotatable bonds is 6. The van der Waals surface area contributed by atoms with Crippen LogP contribution in [0, 0.1) is 0 Å². The first-order valence-electron chi connectivity index (χ1n) is 21.7. The van der Waals surface area contributed by atoms with Gasteiger partial charge in [-0.15, -0.1) is 0 Å². The molecule has 290 valence electrons. The van der Waals surface area contributed by atoms with Crippen LogP contribution in [0.1, 0.15) is 11.5 Å². The summed E-state index contributed by atoms with van der Waals surface area (Å²) in [7, 11) is 0. The van der Waals surface area contributed by atoms with Gasteiger partial charge in [-0.05, 0) is 149 Å². The maximum absolute atomic E-state index is 2.52. The van der Waals surface area contributed by atoms with Crippen LogP contribution >= 0.6 is 0 Å². The van der Waals surface area contributed by atoms with Crippen LogP contribution in [0.2, 0.25) is 0 Å². The average molecular weight is 789 g/mol. The first kappa shape index (κ1) is 34.9. The molecule has 1 heterocycles. The fourth-order valence-corrected chi connectivity index (χ4v) is 10.6. The van der Waals surface area contributed by atoms with Gasteiger partial charge in [-0.25, -0.2) is 0 Å². The molecule has 10 aromatic rings. The number of benzene rings is 10. The van der Waals surface area contributed by atoms with Crippen molar-refractivity contribution in [3.8, 4) is 44.5 Å². The summed E-state index contributed by atoms with van der Waals surface area (Å²) in [6.07, 6.45) is 9.09. The second-order valence-corrected chi connectivity index (χ2v) is 16.9. The van der Waals surface area contributed by atoms with Gasteiger partial charge < -0.3 is 9.80 Å². The van der Waals surface area contributed by atoms with E-state index < -0.39 is 0 Å². The zero-order chi connectivity index (χ0) is 40.7. The number of hydrogen-bond acceptors (Lipinski definition) is 2. The summed E-state index contributed by atoms with van der Waals surface area (Å²) < 4.78 is 0. The quantitative estimate of drug-likeness (QED) is 0.155. The molecule has 10 aromatic carbocycles. The van der Waals surface area contributed by atoms with E-state index in [1.807, 2.05) is 0 Å². The highest BCUT2D eigenvalue weighted by Crippen LogP contribution is 2.51. The smallest absolute Gasteiger partial charge is 0.0629 e. The predicted octanol–water partition coefficient (Wildman–Crippen LogP) is 16.3. The molecular weight excluding hydrogens is 749 g/mol. The predicted molar refractivity (Wildman–Crippen MR) is 262 cm³/mol. The molecule has 0 saturated heterocycles. The average Bonchev–Trinajstić information content (AvgIpc) is 3.85. The molecule has 2 nitrogen and oxygen atoms in total. The standard InChI is InChI=1S/C60H40N2/c1-2-18-50-40(12-1)26-27-43-34-42(30-33-51(43)50)39-28-31-46(32-29-39)61(48-16-11-17-49(38-48)62-58-24-7-5-21-54(58)55-22-6-8-25-59(55)62)47-15-9-13-41(36-47)45-35-44-14-10-23-56-52-19-3-4-20-53(52)57(37-45)60(44)56/h1-38,54,58H. The molecule has 0 bridgehead atoms. The summed E-state index contributed by atoms with van der Waals surface area (Å²) in [5.74, 6) is 0.319. The minimum absolute atomic E-state index is 0.221. The van der Waals surface area contributed by atoms with E-state index in [4.69, 9.17) is 0 Å². The first-order valence-corrected chi connectivity index (χ1v) is 21.7. The van der Waals surface area contributed by atoms with Crippen molar-refractivity contribution in [3.63, 3.8) is 0 Å². The third-order valence-corrected chi connectivity index (χ3v) is 13.5. The minimum Gasteiger partial charge on any atom is -0.333 e. The van der Waals surface area contributed by atoms with Crippen LogP contribution in [0.5, 0.6) is 0 Å². The van der Waals surface area contributed by atoms with Crippen molar-refractivity contribution < 1.29 is 0 Å². The third-order valence-electron chi connectivity index (χ3n) is 13.5. The zero-order valence-corrected chi connectivity index (χ0v) is 34.0. The molecule has 0 aromatic heterocycles. The van der Waals surface area contributed by atoms with Crippen LogP contribution in [0.15, 0.2) is 231 Å². The van der Waals surface area contributed by atoms with Crippen LogP contribution in [0.25, 0.3) is 76.8 Å². The van der Waals surface area contributed by atoms with Gasteiger partial charge in [0, 0.05) is 34.4 Å². The van der Waals surface area contributed by atoms with Crippen LogP contribution in [-0.4, -0.2) is 6.04 Å². The number of hydrogen-bond donors (Lipinski definition) is 0. The molecule has 0 fully saturated rings. The maximum Gasteiger partial charge on any atom is 0.0629 e. The Morgan fingerprint density at radius 2 is 1.03 bits per heavy atom. The van der Waals surface area contributed by atoms with Gasteiger partial charge in [0.1, 0.15) is 0 Å². The molecule has 13 rings (SSSR count). The van der Waals surface area contributed by atoms with Gasteiger partial charge in [-0.1, -0.05) is 164 Å². The summed E-state index contributed by atoms with van der Waals surface area (Å²) in [6.45, 7) is 0. The normalized spacial score (nSPS) is 15.6. The molecule has 2 atom stereocenters. The Hall–Kier alpha value is -7.94. The lowest BCUT2D eigenvalue weighted by Gasteiger charge is -2.31. The van der Waals surface area contributed by atoms with Crippen molar-refractivity contribution in [2.45, 2.75) is 12.0 Å². The van der Waals surface area contributed by atoms with Gasteiger partial charge >= 0.3 is 0 Å². The van der Waals surface area contributed by atoms with Crippen molar-refractivity contribution in [1.29, 1.82) is 0 Å². The second kappa shape index (κ2) is 13.8. The molecular formula is C60H40N2. The van der Waals surface area contributed by atoms with Crippen LogP contribution in [0.3, 0.4) is 0 Å². The van der Waals surface area contributed by atoms with E-state index in [0.717, 1.165) is 17.1 Å². The van der Waals surface area contributed by atoms with Gasteiger partial charge in [0.25, 0.3) is 0 Å². The van der Waals surface area contributed by atoms with Crippen molar-refractivity contribution in [1.82, 2.24) is 0 Å². The van der Waals surface area contributed by atoms with Crippen molar-refractivity contribution >= 4 is 60.8 Å². The Labute approximate surface area is 361 Å². The summed E-state index contributed by atoms with van der Waals surface area (Å²) in [4.78, 5) is 4.95. The molecule has 0 saturated carbocycles. The van der Waals surface area contributed by atoms with Gasteiger partial charge in [-0.3, -0.25) is 0 Å². The lowest BCUT2D eigenvalue weighted by Crippen LogP contribution is -2.28. The van der Waals surface area contributed by atoms with E-state index in [2.05, 4.69) is 240 Å². The molecule has 62 heavy (non-hydrogen) atoms. The number of fused-ring (bicyclic) bond motifs is 9. The fraction of sp³-hybridized carbons (Fsp3) is 0.0333. The highest BCUT2D eigenvalue weighted by molar-refractivity contribution is 6.16. The summed E-state index contributed by atoms with van der Waals surface area (Å²) in [5, 5.41) is 7.71. The van der Waals surface area contributed by atoms with Crippen molar-refractivity contribution in [2.24, 2.45) is 0 Å². The van der Waals surface area contributed by atoms with Gasteiger partial charge in [-0.2, -0.15) is 0 Å². The monoisotopic (exact) mass is 788 g/mol. The van der Waals surface area contributed by atoms with Crippen LogP contribution in [-0.2, 0) is 0 Å². The van der Waals surface area contributed by atoms with E-state index in [1.54, 1.807) is 0 Å². The molecule has 0 spiro atoms. The Kier molecular flexibility index (Phi) is 7.77. The topological polar surface area (TPSA) is 6.48 Å². The van der Waals surface area contributed by atoms with Crippen LogP contribution < -0.4 is 9.80 Å². The number of anilines is 5. The Balaban J connectivity index is 0.937. The maximum atomic E-state index is 2.52. The Bertz CT molecular complexity index is 3500. The Morgan fingerprint density at radius 1 is 0.371 bits per heavy atom. The minimum atomic E-state index is 0.221. The van der Waals surface area contributed by atoms with Gasteiger partial charge in [0.15, 0.2) is 0 Å². The van der Waals surface area contributed by atoms with Crippen molar-refractivity contribution in [3.05, 3.63) is 236 Å². The highest BCUT2D eigenvalue weighted by Gasteiger charge is 2.37. The fourth-order valence-electron chi connectivity index (χ4n) is 10.6. The van der Waals surface area contributed by atoms with Gasteiger partial charge in [0.05, 0.1) is 6.04 Å². The summed E-state index contributed by atoms with van der Waals surface area (Å²) in [6, 6.07) is 76.7. The van der Waals surface area contributed by atoms with E-state index in [-0.39, 0.29) is 6.04 Å². The second-order valence-electron chi connectivity index (χ2n) is 16.9. The largest absolute Gasteiger partial charge is 0.333 e. The van der Waals surface area contributed by atoms with Gasteiger partial charge in [0.2, 0.25) is 0 Å². The van der Waals surface area contributed by atoms with E-state index in [0.29, 0.717) is 5.92 Å². The molecule has 2 aliphatic carbocycles.